The van der Waals surface area contributed by atoms with Crippen molar-refractivity contribution in [2.45, 2.75) is 6.61 Å². The number of phenols is 1. The molecule has 4 heteroatoms. The van der Waals surface area contributed by atoms with Gasteiger partial charge in [-0.25, -0.2) is 4.39 Å². The van der Waals surface area contributed by atoms with Gasteiger partial charge in [0, 0.05) is 0 Å². The van der Waals surface area contributed by atoms with Crippen LogP contribution in [0.2, 0.25) is 0 Å². The van der Waals surface area contributed by atoms with Crippen molar-refractivity contribution in [3.63, 3.8) is 0 Å². The largest absolute Gasteiger partial charge is 0.504 e. The van der Waals surface area contributed by atoms with Crippen LogP contribution in [0.15, 0.2) is 42.5 Å². The molecule has 0 amide bonds. The van der Waals surface area contributed by atoms with Crippen molar-refractivity contribution in [2.75, 3.05) is 0 Å². The van der Waals surface area contributed by atoms with Gasteiger partial charge in [0.1, 0.15) is 12.4 Å². The number of rotatable bonds is 3. The first kappa shape index (κ1) is 11.9. The Labute approximate surface area is 104 Å². The van der Waals surface area contributed by atoms with E-state index in [9.17, 15) is 9.50 Å². The molecule has 2 aromatic carbocycles. The van der Waals surface area contributed by atoms with Crippen molar-refractivity contribution >= 4 is 0 Å². The second-order valence-electron chi connectivity index (χ2n) is 3.72. The highest BCUT2D eigenvalue weighted by molar-refractivity contribution is 5.38. The highest BCUT2D eigenvalue weighted by Crippen LogP contribution is 2.25. The van der Waals surface area contributed by atoms with E-state index in [1.807, 2.05) is 6.07 Å². The molecule has 0 heterocycles. The molecule has 0 aromatic heterocycles. The molecule has 0 aliphatic heterocycles. The molecule has 0 aliphatic carbocycles. The second-order valence-corrected chi connectivity index (χ2v) is 3.72. The summed E-state index contributed by atoms with van der Waals surface area (Å²) in [6, 6.07) is 12.4. The van der Waals surface area contributed by atoms with Crippen molar-refractivity contribution in [3.8, 4) is 17.6 Å². The molecule has 0 aliphatic rings. The Kier molecular flexibility index (Phi) is 3.44. The summed E-state index contributed by atoms with van der Waals surface area (Å²) < 4.78 is 18.5. The van der Waals surface area contributed by atoms with E-state index in [0.29, 0.717) is 11.3 Å². The molecule has 0 bridgehead atoms. The molecule has 2 aromatic rings. The smallest absolute Gasteiger partial charge is 0.161 e. The van der Waals surface area contributed by atoms with E-state index >= 15 is 0 Å². The minimum atomic E-state index is -0.482. The van der Waals surface area contributed by atoms with Gasteiger partial charge in [0.25, 0.3) is 0 Å². The molecule has 18 heavy (non-hydrogen) atoms. The van der Waals surface area contributed by atoms with Crippen LogP contribution in [0.4, 0.5) is 4.39 Å². The number of phenolic OH excluding ortho intramolecular Hbond substituents is 1. The predicted molar refractivity (Wildman–Crippen MR) is 63.6 cm³/mol. The monoisotopic (exact) mass is 243 g/mol. The van der Waals surface area contributed by atoms with Crippen LogP contribution < -0.4 is 4.74 Å². The number of nitrogens with zero attached hydrogens (tertiary/aromatic N) is 1. The lowest BCUT2D eigenvalue weighted by molar-refractivity contribution is 0.288. The lowest BCUT2D eigenvalue weighted by Gasteiger charge is -2.08. The number of para-hydroxylation sites is 2. The van der Waals surface area contributed by atoms with Gasteiger partial charge in [0.05, 0.1) is 11.6 Å². The third kappa shape index (κ3) is 2.77. The third-order valence-electron chi connectivity index (χ3n) is 2.35. The fraction of sp³-hybridized carbons (Fsp3) is 0.0714. The zero-order valence-corrected chi connectivity index (χ0v) is 9.43. The van der Waals surface area contributed by atoms with Gasteiger partial charge < -0.3 is 9.84 Å². The quantitative estimate of drug-likeness (QED) is 0.901. The fourth-order valence-electron chi connectivity index (χ4n) is 1.54. The minimum Gasteiger partial charge on any atom is -0.504 e. The summed E-state index contributed by atoms with van der Waals surface area (Å²) >= 11 is 0. The molecule has 0 saturated heterocycles. The highest BCUT2D eigenvalue weighted by atomic mass is 19.1. The first-order chi connectivity index (χ1) is 8.69. The molecule has 2 rings (SSSR count). The summed E-state index contributed by atoms with van der Waals surface area (Å²) in [4.78, 5) is 0. The molecular weight excluding hydrogens is 233 g/mol. The molecule has 3 nitrogen and oxygen atoms in total. The zero-order valence-electron chi connectivity index (χ0n) is 9.43. The lowest BCUT2D eigenvalue weighted by atomic mass is 10.1. The van der Waals surface area contributed by atoms with Crippen LogP contribution >= 0.6 is 0 Å². The van der Waals surface area contributed by atoms with Gasteiger partial charge in [-0.2, -0.15) is 5.26 Å². The van der Waals surface area contributed by atoms with Crippen molar-refractivity contribution in [1.29, 1.82) is 5.26 Å². The number of benzene rings is 2. The van der Waals surface area contributed by atoms with Crippen molar-refractivity contribution in [3.05, 3.63) is 59.4 Å². The maximum atomic E-state index is 13.2. The van der Waals surface area contributed by atoms with Crippen LogP contribution in [0, 0.1) is 17.1 Å². The maximum Gasteiger partial charge on any atom is 0.161 e. The lowest BCUT2D eigenvalue weighted by Crippen LogP contribution is -1.97. The molecule has 0 unspecified atom stereocenters. The molecule has 1 N–H and O–H groups in total. The van der Waals surface area contributed by atoms with E-state index in [1.54, 1.807) is 24.3 Å². The Morgan fingerprint density at radius 2 is 2.00 bits per heavy atom. The molecule has 90 valence electrons. The fourth-order valence-corrected chi connectivity index (χ4v) is 1.54. The number of ether oxygens (including phenoxy) is 1. The minimum absolute atomic E-state index is 0.0226. The van der Waals surface area contributed by atoms with Gasteiger partial charge in [-0.15, -0.1) is 0 Å². The first-order valence-corrected chi connectivity index (χ1v) is 5.29. The maximum absolute atomic E-state index is 13.2. The Bertz CT molecular complexity index is 605. The van der Waals surface area contributed by atoms with E-state index in [2.05, 4.69) is 0 Å². The summed E-state index contributed by atoms with van der Waals surface area (Å²) in [6.07, 6.45) is 0. The van der Waals surface area contributed by atoms with Crippen LogP contribution in [0.5, 0.6) is 11.5 Å². The first-order valence-electron chi connectivity index (χ1n) is 5.29. The van der Waals surface area contributed by atoms with Crippen molar-refractivity contribution in [1.82, 2.24) is 0 Å². The standard InChI is InChI=1S/C14H10FNO2/c15-12-6-10(8-16)5-11(7-12)9-18-14-4-2-1-3-13(14)17/h1-7,17H,9H2. The number of hydrogen-bond donors (Lipinski definition) is 1. The summed E-state index contributed by atoms with van der Waals surface area (Å²) in [6.45, 7) is 0.0873. The normalized spacial score (nSPS) is 9.78. The summed E-state index contributed by atoms with van der Waals surface area (Å²) in [7, 11) is 0. The van der Waals surface area contributed by atoms with Crippen LogP contribution in [0.25, 0.3) is 0 Å². The summed E-state index contributed by atoms with van der Waals surface area (Å²) in [5.41, 5.74) is 0.778. The van der Waals surface area contributed by atoms with Crippen molar-refractivity contribution in [2.24, 2.45) is 0 Å². The van der Waals surface area contributed by atoms with Gasteiger partial charge in [-0.05, 0) is 35.9 Å². The van der Waals surface area contributed by atoms with Gasteiger partial charge in [-0.3, -0.25) is 0 Å². The molecule has 0 atom stereocenters. The topological polar surface area (TPSA) is 53.2 Å². The Balaban J connectivity index is 2.14. The van der Waals surface area contributed by atoms with Crippen LogP contribution in [-0.2, 0) is 6.61 Å². The zero-order chi connectivity index (χ0) is 13.0. The van der Waals surface area contributed by atoms with Crippen LogP contribution in [0.3, 0.4) is 0 Å². The molecule has 0 fully saturated rings. The Hall–Kier alpha value is -2.54. The number of aromatic hydroxyl groups is 1. The number of nitriles is 1. The SMILES string of the molecule is N#Cc1cc(F)cc(COc2ccccc2O)c1. The van der Waals surface area contributed by atoms with Gasteiger partial charge in [-0.1, -0.05) is 12.1 Å². The number of halogens is 1. The predicted octanol–water partition coefficient (Wildman–Crippen LogP) is 2.98. The molecular formula is C14H10FNO2. The van der Waals surface area contributed by atoms with Crippen LogP contribution in [-0.4, -0.2) is 5.11 Å². The van der Waals surface area contributed by atoms with E-state index in [0.717, 1.165) is 6.07 Å². The van der Waals surface area contributed by atoms with E-state index in [1.165, 1.54) is 12.1 Å². The van der Waals surface area contributed by atoms with E-state index < -0.39 is 5.82 Å². The van der Waals surface area contributed by atoms with Gasteiger partial charge in [0.2, 0.25) is 0 Å². The summed E-state index contributed by atoms with van der Waals surface area (Å²) in [5, 5.41) is 18.2. The molecule has 0 radical (unpaired) electrons. The van der Waals surface area contributed by atoms with Gasteiger partial charge in [0.15, 0.2) is 11.5 Å². The molecule has 0 saturated carbocycles. The van der Waals surface area contributed by atoms with E-state index in [4.69, 9.17) is 10.00 Å². The highest BCUT2D eigenvalue weighted by Gasteiger charge is 2.04. The van der Waals surface area contributed by atoms with Crippen molar-refractivity contribution < 1.29 is 14.2 Å². The average Bonchev–Trinajstić information content (AvgIpc) is 2.37. The van der Waals surface area contributed by atoms with E-state index in [-0.39, 0.29) is 17.9 Å². The third-order valence-corrected chi connectivity index (χ3v) is 2.35. The summed E-state index contributed by atoms with van der Waals surface area (Å²) in [5.74, 6) is -0.139. The molecule has 0 spiro atoms. The van der Waals surface area contributed by atoms with Gasteiger partial charge >= 0.3 is 0 Å². The Morgan fingerprint density at radius 1 is 1.22 bits per heavy atom. The average molecular weight is 243 g/mol. The second kappa shape index (κ2) is 5.19. The Morgan fingerprint density at radius 3 is 2.72 bits per heavy atom. The number of hydrogen-bond acceptors (Lipinski definition) is 3. The van der Waals surface area contributed by atoms with Crippen LogP contribution in [0.1, 0.15) is 11.1 Å².